The first-order valence-corrected chi connectivity index (χ1v) is 6.70. The number of hydrogen-bond acceptors (Lipinski definition) is 5. The molecule has 0 spiro atoms. The van der Waals surface area contributed by atoms with Gasteiger partial charge in [-0.3, -0.25) is 10.1 Å². The van der Waals surface area contributed by atoms with Crippen LogP contribution in [-0.2, 0) is 0 Å². The van der Waals surface area contributed by atoms with E-state index in [-0.39, 0.29) is 11.7 Å². The highest BCUT2D eigenvalue weighted by Crippen LogP contribution is 2.27. The fraction of sp³-hybridized carbons (Fsp3) is 0.333. The molecule has 6 nitrogen and oxygen atoms in total. The molecule has 2 atom stereocenters. The van der Waals surface area contributed by atoms with Crippen LogP contribution in [0, 0.1) is 17.0 Å². The molecule has 0 fully saturated rings. The quantitative estimate of drug-likeness (QED) is 0.628. The van der Waals surface area contributed by atoms with E-state index in [1.807, 2.05) is 13.0 Å². The Morgan fingerprint density at radius 2 is 2.19 bits per heavy atom. The van der Waals surface area contributed by atoms with Gasteiger partial charge in [-0.15, -0.1) is 0 Å². The van der Waals surface area contributed by atoms with Crippen molar-refractivity contribution in [3.63, 3.8) is 0 Å². The van der Waals surface area contributed by atoms with Gasteiger partial charge < -0.3 is 14.8 Å². The summed E-state index contributed by atoms with van der Waals surface area (Å²) in [7, 11) is 0. The maximum atomic E-state index is 11.1. The van der Waals surface area contributed by atoms with Gasteiger partial charge in [-0.2, -0.15) is 0 Å². The van der Waals surface area contributed by atoms with Crippen molar-refractivity contribution < 1.29 is 14.4 Å². The van der Waals surface area contributed by atoms with E-state index in [1.165, 1.54) is 12.3 Å². The molecule has 2 unspecified atom stereocenters. The summed E-state index contributed by atoms with van der Waals surface area (Å²) in [4.78, 5) is 10.7. The normalized spacial score (nSPS) is 13.7. The van der Waals surface area contributed by atoms with Crippen molar-refractivity contribution in [1.82, 2.24) is 0 Å². The van der Waals surface area contributed by atoms with Gasteiger partial charge >= 0.3 is 0 Å². The fourth-order valence-electron chi connectivity index (χ4n) is 2.17. The second-order valence-corrected chi connectivity index (χ2v) is 5.09. The molecule has 1 aromatic heterocycles. The standard InChI is InChI=1S/C15H18N2O4/c1-10-5-6-12(13(8-10)17(19)20)16-11(2)9-14(18)15-4-3-7-21-15/h3-8,11,14,16,18H,9H2,1-2H3. The summed E-state index contributed by atoms with van der Waals surface area (Å²) in [5.74, 6) is 0.488. The van der Waals surface area contributed by atoms with Gasteiger partial charge in [-0.25, -0.2) is 0 Å². The molecule has 0 amide bonds. The van der Waals surface area contributed by atoms with Crippen LogP contribution >= 0.6 is 0 Å². The first-order chi connectivity index (χ1) is 9.97. The molecule has 21 heavy (non-hydrogen) atoms. The lowest BCUT2D eigenvalue weighted by atomic mass is 10.1. The number of nitrogens with zero attached hydrogens (tertiary/aromatic N) is 1. The minimum Gasteiger partial charge on any atom is -0.467 e. The average Bonchev–Trinajstić information content (AvgIpc) is 2.94. The summed E-state index contributed by atoms with van der Waals surface area (Å²) >= 11 is 0. The second-order valence-electron chi connectivity index (χ2n) is 5.09. The van der Waals surface area contributed by atoms with Crippen molar-refractivity contribution in [3.05, 3.63) is 58.0 Å². The SMILES string of the molecule is Cc1ccc(NC(C)CC(O)c2ccco2)c([N+](=O)[O-])c1. The highest BCUT2D eigenvalue weighted by Gasteiger charge is 2.18. The number of rotatable bonds is 6. The minimum atomic E-state index is -0.744. The van der Waals surface area contributed by atoms with Crippen LogP contribution in [0.5, 0.6) is 0 Å². The van der Waals surface area contributed by atoms with Gasteiger partial charge in [-0.05, 0) is 37.6 Å². The van der Waals surface area contributed by atoms with Crippen LogP contribution in [0.1, 0.15) is 30.8 Å². The van der Waals surface area contributed by atoms with Gasteiger partial charge in [0.1, 0.15) is 17.6 Å². The lowest BCUT2D eigenvalue weighted by molar-refractivity contribution is -0.384. The molecule has 0 aliphatic carbocycles. The number of aliphatic hydroxyl groups is 1. The molecule has 0 aliphatic heterocycles. The van der Waals surface area contributed by atoms with E-state index in [9.17, 15) is 15.2 Å². The van der Waals surface area contributed by atoms with Gasteiger partial charge in [0.25, 0.3) is 5.69 Å². The van der Waals surface area contributed by atoms with E-state index in [2.05, 4.69) is 5.32 Å². The predicted octanol–water partition coefficient (Wildman–Crippen LogP) is 3.42. The van der Waals surface area contributed by atoms with Crippen molar-refractivity contribution in [2.24, 2.45) is 0 Å². The van der Waals surface area contributed by atoms with Crippen LogP contribution in [0.2, 0.25) is 0 Å². The summed E-state index contributed by atoms with van der Waals surface area (Å²) in [6.45, 7) is 3.66. The van der Waals surface area contributed by atoms with Crippen molar-refractivity contribution in [3.8, 4) is 0 Å². The second kappa shape index (κ2) is 6.41. The summed E-state index contributed by atoms with van der Waals surface area (Å²) in [5, 5.41) is 24.1. The van der Waals surface area contributed by atoms with Crippen molar-refractivity contribution in [1.29, 1.82) is 0 Å². The third kappa shape index (κ3) is 3.82. The van der Waals surface area contributed by atoms with Gasteiger partial charge in [-0.1, -0.05) is 6.07 Å². The third-order valence-corrected chi connectivity index (χ3v) is 3.20. The number of nitro benzene ring substituents is 1. The number of benzene rings is 1. The Morgan fingerprint density at radius 1 is 1.43 bits per heavy atom. The Kier molecular flexibility index (Phi) is 4.59. The Bertz CT molecular complexity index is 610. The van der Waals surface area contributed by atoms with Gasteiger partial charge in [0.2, 0.25) is 0 Å². The van der Waals surface area contributed by atoms with E-state index in [0.717, 1.165) is 5.56 Å². The molecule has 0 aliphatic rings. The number of nitrogens with one attached hydrogen (secondary N) is 1. The van der Waals surface area contributed by atoms with Crippen LogP contribution in [0.25, 0.3) is 0 Å². The molecule has 2 rings (SSSR count). The molecule has 2 N–H and O–H groups in total. The average molecular weight is 290 g/mol. The zero-order valence-electron chi connectivity index (χ0n) is 11.9. The highest BCUT2D eigenvalue weighted by atomic mass is 16.6. The molecule has 0 radical (unpaired) electrons. The van der Waals surface area contributed by atoms with Gasteiger partial charge in [0.05, 0.1) is 11.2 Å². The lowest BCUT2D eigenvalue weighted by Gasteiger charge is -2.18. The van der Waals surface area contributed by atoms with Crippen LogP contribution in [0.3, 0.4) is 0 Å². The van der Waals surface area contributed by atoms with Crippen LogP contribution in [-0.4, -0.2) is 16.1 Å². The van der Waals surface area contributed by atoms with E-state index in [1.54, 1.807) is 25.1 Å². The monoisotopic (exact) mass is 290 g/mol. The number of furan rings is 1. The van der Waals surface area contributed by atoms with Crippen LogP contribution in [0.15, 0.2) is 41.0 Å². The van der Waals surface area contributed by atoms with E-state index < -0.39 is 11.0 Å². The number of nitro groups is 1. The minimum absolute atomic E-state index is 0.0364. The zero-order chi connectivity index (χ0) is 15.4. The van der Waals surface area contributed by atoms with Crippen molar-refractivity contribution >= 4 is 11.4 Å². The summed E-state index contributed by atoms with van der Waals surface area (Å²) < 4.78 is 5.14. The molecular weight excluding hydrogens is 272 g/mol. The Labute approximate surface area is 122 Å². The van der Waals surface area contributed by atoms with Gasteiger partial charge in [0, 0.05) is 18.5 Å². The molecule has 2 aromatic rings. The van der Waals surface area contributed by atoms with Gasteiger partial charge in [0.15, 0.2) is 0 Å². The largest absolute Gasteiger partial charge is 0.467 e. The molecule has 6 heteroatoms. The third-order valence-electron chi connectivity index (χ3n) is 3.20. The van der Waals surface area contributed by atoms with E-state index >= 15 is 0 Å². The number of aliphatic hydroxyl groups excluding tert-OH is 1. The molecule has 1 heterocycles. The first kappa shape index (κ1) is 15.1. The van der Waals surface area contributed by atoms with E-state index in [4.69, 9.17) is 4.42 Å². The molecular formula is C15H18N2O4. The number of aryl methyl sites for hydroxylation is 1. The van der Waals surface area contributed by atoms with Crippen LogP contribution < -0.4 is 5.32 Å². The topological polar surface area (TPSA) is 88.5 Å². The summed E-state index contributed by atoms with van der Waals surface area (Å²) in [6.07, 6.45) is 1.15. The predicted molar refractivity (Wildman–Crippen MR) is 79.2 cm³/mol. The first-order valence-electron chi connectivity index (χ1n) is 6.70. The molecule has 1 aromatic carbocycles. The summed E-state index contributed by atoms with van der Waals surface area (Å²) in [5.41, 5.74) is 1.31. The fourth-order valence-corrected chi connectivity index (χ4v) is 2.17. The molecule has 0 saturated carbocycles. The molecule has 112 valence electrons. The lowest BCUT2D eigenvalue weighted by Crippen LogP contribution is -2.19. The smallest absolute Gasteiger partial charge is 0.292 e. The maximum Gasteiger partial charge on any atom is 0.292 e. The highest BCUT2D eigenvalue weighted by molar-refractivity contribution is 5.62. The zero-order valence-corrected chi connectivity index (χ0v) is 11.9. The molecule has 0 saturated heterocycles. The maximum absolute atomic E-state index is 11.1. The number of anilines is 1. The van der Waals surface area contributed by atoms with Crippen molar-refractivity contribution in [2.75, 3.05) is 5.32 Å². The molecule has 0 bridgehead atoms. The van der Waals surface area contributed by atoms with Crippen molar-refractivity contribution in [2.45, 2.75) is 32.4 Å². The Balaban J connectivity index is 2.06. The van der Waals surface area contributed by atoms with E-state index in [0.29, 0.717) is 17.9 Å². The summed E-state index contributed by atoms with van der Waals surface area (Å²) in [6, 6.07) is 8.28. The van der Waals surface area contributed by atoms with Crippen LogP contribution in [0.4, 0.5) is 11.4 Å². The Hall–Kier alpha value is -2.34. The number of hydrogen-bond donors (Lipinski definition) is 2. The Morgan fingerprint density at radius 3 is 2.81 bits per heavy atom.